The van der Waals surface area contributed by atoms with Gasteiger partial charge in [-0.05, 0) is 32.9 Å². The van der Waals surface area contributed by atoms with Crippen molar-refractivity contribution in [1.29, 1.82) is 0 Å². The first kappa shape index (κ1) is 18.7. The van der Waals surface area contributed by atoms with Crippen LogP contribution in [0.1, 0.15) is 33.1 Å². The van der Waals surface area contributed by atoms with E-state index in [1.165, 1.54) is 0 Å². The predicted molar refractivity (Wildman–Crippen MR) is 79.9 cm³/mol. The molecule has 0 aliphatic heterocycles. The van der Waals surface area contributed by atoms with Gasteiger partial charge in [0.15, 0.2) is 0 Å². The van der Waals surface area contributed by atoms with Gasteiger partial charge in [-0.25, -0.2) is 4.79 Å². The Balaban J connectivity index is 4.08. The molecule has 2 amide bonds. The third-order valence-electron chi connectivity index (χ3n) is 3.05. The minimum atomic E-state index is -0.790. The molecular weight excluding hydrogens is 258 g/mol. The van der Waals surface area contributed by atoms with Crippen molar-refractivity contribution in [3.8, 4) is 0 Å². The van der Waals surface area contributed by atoms with E-state index >= 15 is 0 Å². The maximum absolute atomic E-state index is 12.1. The number of carbonyl (C=O) groups excluding carboxylic acids is 1. The van der Waals surface area contributed by atoms with Gasteiger partial charge in [-0.3, -0.25) is 4.79 Å². The summed E-state index contributed by atoms with van der Waals surface area (Å²) in [6.45, 7) is 6.80. The molecule has 20 heavy (non-hydrogen) atoms. The minimum Gasteiger partial charge on any atom is -0.481 e. The Bertz CT molecular complexity index is 295. The number of carboxylic acids is 1. The van der Waals surface area contributed by atoms with E-state index in [4.69, 9.17) is 5.11 Å². The van der Waals surface area contributed by atoms with Gasteiger partial charge in [0.25, 0.3) is 0 Å². The van der Waals surface area contributed by atoms with Crippen molar-refractivity contribution in [2.75, 3.05) is 40.3 Å². The summed E-state index contributed by atoms with van der Waals surface area (Å²) in [6, 6.07) is -0.0594. The molecule has 0 aliphatic carbocycles. The number of likely N-dealkylation sites (N-methyl/N-ethyl adjacent to an activating group) is 1. The fraction of sp³-hybridized carbons (Fsp3) is 0.857. The van der Waals surface area contributed by atoms with Crippen molar-refractivity contribution in [3.05, 3.63) is 0 Å². The molecule has 0 radical (unpaired) electrons. The molecule has 0 aromatic heterocycles. The standard InChI is InChI=1S/C14H29N3O3/c1-5-8-17(10-9-16(3)4)14(20)15-11-12(2)6-7-13(18)19/h12H,5-11H2,1-4H3,(H,15,20)(H,18,19). The molecule has 0 bridgehead atoms. The molecule has 6 nitrogen and oxygen atoms in total. The smallest absolute Gasteiger partial charge is 0.317 e. The van der Waals surface area contributed by atoms with E-state index in [-0.39, 0.29) is 18.4 Å². The van der Waals surface area contributed by atoms with Crippen LogP contribution in [0.25, 0.3) is 0 Å². The maximum Gasteiger partial charge on any atom is 0.317 e. The number of carboxylic acid groups (broad SMARTS) is 1. The first-order valence-electron chi connectivity index (χ1n) is 7.26. The van der Waals surface area contributed by atoms with Crippen molar-refractivity contribution in [2.24, 2.45) is 5.92 Å². The Morgan fingerprint density at radius 1 is 1.20 bits per heavy atom. The van der Waals surface area contributed by atoms with Crippen LogP contribution in [0, 0.1) is 5.92 Å². The third kappa shape index (κ3) is 9.61. The van der Waals surface area contributed by atoms with Gasteiger partial charge >= 0.3 is 12.0 Å². The summed E-state index contributed by atoms with van der Waals surface area (Å²) in [5, 5.41) is 11.5. The minimum absolute atomic E-state index is 0.0594. The molecule has 0 aromatic rings. The van der Waals surface area contributed by atoms with Crippen LogP contribution in [0.15, 0.2) is 0 Å². The molecule has 1 unspecified atom stereocenters. The molecule has 0 fully saturated rings. The molecule has 0 heterocycles. The van der Waals surface area contributed by atoms with Crippen LogP contribution in [0.4, 0.5) is 4.79 Å². The van der Waals surface area contributed by atoms with Gasteiger partial charge in [-0.2, -0.15) is 0 Å². The number of aliphatic carboxylic acids is 1. The molecule has 118 valence electrons. The summed E-state index contributed by atoms with van der Waals surface area (Å²) < 4.78 is 0. The fourth-order valence-corrected chi connectivity index (χ4v) is 1.75. The van der Waals surface area contributed by atoms with E-state index < -0.39 is 5.97 Å². The second kappa shape index (κ2) is 10.5. The zero-order chi connectivity index (χ0) is 15.5. The highest BCUT2D eigenvalue weighted by Crippen LogP contribution is 2.04. The highest BCUT2D eigenvalue weighted by atomic mass is 16.4. The Morgan fingerprint density at radius 3 is 2.35 bits per heavy atom. The van der Waals surface area contributed by atoms with Crippen molar-refractivity contribution >= 4 is 12.0 Å². The normalized spacial score (nSPS) is 12.2. The summed E-state index contributed by atoms with van der Waals surface area (Å²) in [5.41, 5.74) is 0. The molecule has 0 aromatic carbocycles. The number of nitrogens with zero attached hydrogens (tertiary/aromatic N) is 2. The summed E-state index contributed by atoms with van der Waals surface area (Å²) >= 11 is 0. The second-order valence-electron chi connectivity index (χ2n) is 5.51. The highest BCUT2D eigenvalue weighted by Gasteiger charge is 2.13. The summed E-state index contributed by atoms with van der Waals surface area (Å²) in [5.74, 6) is -0.617. The van der Waals surface area contributed by atoms with Crippen LogP contribution in [0.2, 0.25) is 0 Å². The van der Waals surface area contributed by atoms with Gasteiger partial charge in [0.2, 0.25) is 0 Å². The molecule has 0 rings (SSSR count). The Morgan fingerprint density at radius 2 is 1.85 bits per heavy atom. The quantitative estimate of drug-likeness (QED) is 0.638. The first-order valence-corrected chi connectivity index (χ1v) is 7.26. The lowest BCUT2D eigenvalue weighted by Gasteiger charge is -2.25. The summed E-state index contributed by atoms with van der Waals surface area (Å²) in [6.07, 6.45) is 1.66. The largest absolute Gasteiger partial charge is 0.481 e. The number of carbonyl (C=O) groups is 2. The van der Waals surface area contributed by atoms with Gasteiger partial charge in [-0.15, -0.1) is 0 Å². The van der Waals surface area contributed by atoms with E-state index in [2.05, 4.69) is 5.32 Å². The molecule has 0 aliphatic rings. The molecule has 6 heteroatoms. The molecule has 1 atom stereocenters. The van der Waals surface area contributed by atoms with Crippen LogP contribution in [-0.4, -0.2) is 67.2 Å². The molecule has 0 saturated heterocycles. The van der Waals surface area contributed by atoms with Crippen molar-refractivity contribution in [3.63, 3.8) is 0 Å². The Labute approximate surface area is 122 Å². The highest BCUT2D eigenvalue weighted by molar-refractivity contribution is 5.74. The first-order chi connectivity index (χ1) is 9.36. The van der Waals surface area contributed by atoms with E-state index in [0.717, 1.165) is 19.5 Å². The van der Waals surface area contributed by atoms with Gasteiger partial charge in [0, 0.05) is 32.6 Å². The average molecular weight is 287 g/mol. The fourth-order valence-electron chi connectivity index (χ4n) is 1.75. The lowest BCUT2D eigenvalue weighted by Crippen LogP contribution is -2.44. The molecule has 2 N–H and O–H groups in total. The van der Waals surface area contributed by atoms with Crippen LogP contribution in [-0.2, 0) is 4.79 Å². The zero-order valence-electron chi connectivity index (χ0n) is 13.2. The monoisotopic (exact) mass is 287 g/mol. The zero-order valence-corrected chi connectivity index (χ0v) is 13.2. The van der Waals surface area contributed by atoms with E-state index in [0.29, 0.717) is 19.5 Å². The maximum atomic E-state index is 12.1. The average Bonchev–Trinajstić information content (AvgIpc) is 2.38. The Hall–Kier alpha value is -1.30. The lowest BCUT2D eigenvalue weighted by atomic mass is 10.1. The molecule has 0 saturated carbocycles. The van der Waals surface area contributed by atoms with Crippen molar-refractivity contribution < 1.29 is 14.7 Å². The lowest BCUT2D eigenvalue weighted by molar-refractivity contribution is -0.137. The third-order valence-corrected chi connectivity index (χ3v) is 3.05. The van der Waals surface area contributed by atoms with Crippen LogP contribution >= 0.6 is 0 Å². The molecule has 0 spiro atoms. The van der Waals surface area contributed by atoms with Gasteiger partial charge in [-0.1, -0.05) is 13.8 Å². The van der Waals surface area contributed by atoms with Crippen LogP contribution < -0.4 is 5.32 Å². The number of urea groups is 1. The second-order valence-corrected chi connectivity index (χ2v) is 5.51. The number of hydrogen-bond donors (Lipinski definition) is 2. The summed E-state index contributed by atoms with van der Waals surface area (Å²) in [7, 11) is 3.96. The van der Waals surface area contributed by atoms with E-state index in [1.807, 2.05) is 37.7 Å². The Kier molecular flexibility index (Phi) is 9.80. The van der Waals surface area contributed by atoms with Crippen LogP contribution in [0.5, 0.6) is 0 Å². The summed E-state index contributed by atoms with van der Waals surface area (Å²) in [4.78, 5) is 26.4. The number of amides is 2. The van der Waals surface area contributed by atoms with Crippen molar-refractivity contribution in [2.45, 2.75) is 33.1 Å². The molecular formula is C14H29N3O3. The number of nitrogens with one attached hydrogen (secondary N) is 1. The SMILES string of the molecule is CCCN(CCN(C)C)C(=O)NCC(C)CCC(=O)O. The topological polar surface area (TPSA) is 72.9 Å². The van der Waals surface area contributed by atoms with Gasteiger partial charge in [0.1, 0.15) is 0 Å². The van der Waals surface area contributed by atoms with E-state index in [1.54, 1.807) is 0 Å². The number of rotatable bonds is 10. The van der Waals surface area contributed by atoms with Crippen LogP contribution in [0.3, 0.4) is 0 Å². The van der Waals surface area contributed by atoms with Gasteiger partial charge < -0.3 is 20.2 Å². The van der Waals surface area contributed by atoms with Gasteiger partial charge in [0.05, 0.1) is 0 Å². The number of hydrogen-bond acceptors (Lipinski definition) is 3. The van der Waals surface area contributed by atoms with E-state index in [9.17, 15) is 9.59 Å². The predicted octanol–water partition coefficient (Wildman–Crippen LogP) is 1.47. The van der Waals surface area contributed by atoms with Crippen molar-refractivity contribution in [1.82, 2.24) is 15.1 Å².